The number of hydrogen-bond donors (Lipinski definition) is 1. The van der Waals surface area contributed by atoms with Gasteiger partial charge < -0.3 is 10.1 Å². The van der Waals surface area contributed by atoms with Gasteiger partial charge in [-0.3, -0.25) is 4.79 Å². The van der Waals surface area contributed by atoms with E-state index in [-0.39, 0.29) is 5.91 Å². The van der Waals surface area contributed by atoms with Crippen LogP contribution in [0.5, 0.6) is 11.6 Å². The van der Waals surface area contributed by atoms with Crippen LogP contribution in [0, 0.1) is 0 Å². The van der Waals surface area contributed by atoms with E-state index >= 15 is 0 Å². The third kappa shape index (κ3) is 4.69. The lowest BCUT2D eigenvalue weighted by Crippen LogP contribution is -2.24. The van der Waals surface area contributed by atoms with Gasteiger partial charge in [-0.25, -0.2) is 4.98 Å². The fourth-order valence-corrected chi connectivity index (χ4v) is 2.80. The summed E-state index contributed by atoms with van der Waals surface area (Å²) >= 11 is 0. The molecule has 0 spiro atoms. The summed E-state index contributed by atoms with van der Waals surface area (Å²) in [5, 5.41) is 2.99. The molecule has 1 aromatic heterocycles. The summed E-state index contributed by atoms with van der Waals surface area (Å²) in [6, 6.07) is 12.6. The molecule has 1 aliphatic rings. The second kappa shape index (κ2) is 8.29. The maximum absolute atomic E-state index is 12.3. The van der Waals surface area contributed by atoms with Gasteiger partial charge in [0.05, 0.1) is 0 Å². The second-order valence-corrected chi connectivity index (χ2v) is 5.91. The number of aromatic nitrogens is 1. The van der Waals surface area contributed by atoms with Gasteiger partial charge in [-0.1, -0.05) is 23.8 Å². The maximum atomic E-state index is 12.3. The molecule has 0 atom stereocenters. The molecular formula is C20H22N2O2. The van der Waals surface area contributed by atoms with Crippen LogP contribution >= 0.6 is 0 Å². The summed E-state index contributed by atoms with van der Waals surface area (Å²) < 4.78 is 5.67. The van der Waals surface area contributed by atoms with Crippen LogP contribution < -0.4 is 10.1 Å². The van der Waals surface area contributed by atoms with Crippen molar-refractivity contribution in [2.75, 3.05) is 6.54 Å². The van der Waals surface area contributed by atoms with Crippen molar-refractivity contribution in [3.8, 4) is 11.6 Å². The number of nitrogens with zero attached hydrogens (tertiary/aromatic N) is 1. The highest BCUT2D eigenvalue weighted by Crippen LogP contribution is 2.21. The second-order valence-electron chi connectivity index (χ2n) is 5.91. The largest absolute Gasteiger partial charge is 0.439 e. The predicted octanol–water partition coefficient (Wildman–Crippen LogP) is 4.49. The van der Waals surface area contributed by atoms with E-state index in [2.05, 4.69) is 16.4 Å². The molecule has 1 aromatic carbocycles. The van der Waals surface area contributed by atoms with E-state index in [4.69, 9.17) is 4.74 Å². The number of carbonyl (C=O) groups is 1. The SMILES string of the molecule is O=C(NCCC1=CCCCC1)c1cccc(Oc2ccccn2)c1. The average Bonchev–Trinajstić information content (AvgIpc) is 2.64. The van der Waals surface area contributed by atoms with Gasteiger partial charge in [0, 0.05) is 24.4 Å². The molecule has 24 heavy (non-hydrogen) atoms. The summed E-state index contributed by atoms with van der Waals surface area (Å²) in [5.41, 5.74) is 2.06. The summed E-state index contributed by atoms with van der Waals surface area (Å²) in [6.07, 6.45) is 9.84. The number of pyridine rings is 1. The van der Waals surface area contributed by atoms with Crippen LogP contribution in [0.15, 0.2) is 60.3 Å². The first-order valence-electron chi connectivity index (χ1n) is 8.46. The molecule has 0 saturated heterocycles. The van der Waals surface area contributed by atoms with Crippen LogP contribution in [-0.4, -0.2) is 17.4 Å². The molecule has 3 rings (SSSR count). The van der Waals surface area contributed by atoms with Crippen molar-refractivity contribution < 1.29 is 9.53 Å². The highest BCUT2D eigenvalue weighted by atomic mass is 16.5. The van der Waals surface area contributed by atoms with Crippen molar-refractivity contribution in [2.24, 2.45) is 0 Å². The molecule has 0 saturated carbocycles. The summed E-state index contributed by atoms with van der Waals surface area (Å²) in [5.74, 6) is 1.05. The average molecular weight is 322 g/mol. The Morgan fingerprint density at radius 2 is 2.12 bits per heavy atom. The molecule has 1 amide bonds. The summed E-state index contributed by atoms with van der Waals surface area (Å²) in [4.78, 5) is 16.4. The van der Waals surface area contributed by atoms with Gasteiger partial charge in [0.15, 0.2) is 0 Å². The highest BCUT2D eigenvalue weighted by Gasteiger charge is 2.08. The number of hydrogen-bond acceptors (Lipinski definition) is 3. The zero-order chi connectivity index (χ0) is 16.6. The first kappa shape index (κ1) is 16.2. The number of carbonyl (C=O) groups excluding carboxylic acids is 1. The van der Waals surface area contributed by atoms with E-state index in [0.29, 0.717) is 23.7 Å². The van der Waals surface area contributed by atoms with Crippen molar-refractivity contribution in [1.29, 1.82) is 0 Å². The smallest absolute Gasteiger partial charge is 0.251 e. The zero-order valence-electron chi connectivity index (χ0n) is 13.7. The fourth-order valence-electron chi connectivity index (χ4n) is 2.80. The van der Waals surface area contributed by atoms with E-state index in [0.717, 1.165) is 6.42 Å². The Labute approximate surface area is 142 Å². The van der Waals surface area contributed by atoms with Gasteiger partial charge in [-0.15, -0.1) is 0 Å². The first-order chi connectivity index (χ1) is 11.8. The molecule has 0 radical (unpaired) electrons. The molecule has 2 aromatic rings. The number of ether oxygens (including phenoxy) is 1. The molecule has 124 valence electrons. The minimum Gasteiger partial charge on any atom is -0.439 e. The molecule has 4 heteroatoms. The Morgan fingerprint density at radius 3 is 2.92 bits per heavy atom. The van der Waals surface area contributed by atoms with Gasteiger partial charge in [0.25, 0.3) is 5.91 Å². The minimum absolute atomic E-state index is 0.0714. The number of allylic oxidation sites excluding steroid dienone is 1. The molecule has 1 aliphatic carbocycles. The Morgan fingerprint density at radius 1 is 1.17 bits per heavy atom. The number of nitrogens with one attached hydrogen (secondary N) is 1. The normalized spacial score (nSPS) is 13.9. The monoisotopic (exact) mass is 322 g/mol. The molecule has 0 fully saturated rings. The number of amides is 1. The van der Waals surface area contributed by atoms with Gasteiger partial charge in [-0.2, -0.15) is 0 Å². The fraction of sp³-hybridized carbons (Fsp3) is 0.300. The molecule has 0 unspecified atom stereocenters. The summed E-state index contributed by atoms with van der Waals surface area (Å²) in [7, 11) is 0. The quantitative estimate of drug-likeness (QED) is 0.797. The van der Waals surface area contributed by atoms with Crippen LogP contribution in [0.4, 0.5) is 0 Å². The van der Waals surface area contributed by atoms with Crippen LogP contribution in [0.25, 0.3) is 0 Å². The molecule has 0 bridgehead atoms. The Balaban J connectivity index is 1.55. The molecular weight excluding hydrogens is 300 g/mol. The Kier molecular flexibility index (Phi) is 5.61. The highest BCUT2D eigenvalue weighted by molar-refractivity contribution is 5.94. The van der Waals surface area contributed by atoms with Gasteiger partial charge in [-0.05, 0) is 56.4 Å². The van der Waals surface area contributed by atoms with Crippen LogP contribution in [0.1, 0.15) is 42.5 Å². The van der Waals surface area contributed by atoms with E-state index in [1.807, 2.05) is 24.3 Å². The maximum Gasteiger partial charge on any atom is 0.251 e. The van der Waals surface area contributed by atoms with Crippen LogP contribution in [0.3, 0.4) is 0 Å². The van der Waals surface area contributed by atoms with Crippen LogP contribution in [0.2, 0.25) is 0 Å². The lowest BCUT2D eigenvalue weighted by atomic mass is 9.97. The van der Waals surface area contributed by atoms with E-state index in [1.54, 1.807) is 24.4 Å². The summed E-state index contributed by atoms with van der Waals surface area (Å²) in [6.45, 7) is 0.677. The molecule has 1 N–H and O–H groups in total. The van der Waals surface area contributed by atoms with Gasteiger partial charge >= 0.3 is 0 Å². The predicted molar refractivity (Wildman–Crippen MR) is 94.3 cm³/mol. The van der Waals surface area contributed by atoms with Crippen molar-refractivity contribution in [1.82, 2.24) is 10.3 Å². The van der Waals surface area contributed by atoms with E-state index in [1.165, 1.54) is 31.3 Å². The number of benzene rings is 1. The van der Waals surface area contributed by atoms with Gasteiger partial charge in [0.2, 0.25) is 5.88 Å². The Hall–Kier alpha value is -2.62. The van der Waals surface area contributed by atoms with E-state index < -0.39 is 0 Å². The molecule has 0 aliphatic heterocycles. The lowest BCUT2D eigenvalue weighted by Gasteiger charge is -2.13. The number of rotatable bonds is 6. The molecule has 1 heterocycles. The van der Waals surface area contributed by atoms with Crippen molar-refractivity contribution in [3.05, 3.63) is 65.9 Å². The van der Waals surface area contributed by atoms with Crippen molar-refractivity contribution in [2.45, 2.75) is 32.1 Å². The minimum atomic E-state index is -0.0714. The molecule has 4 nitrogen and oxygen atoms in total. The van der Waals surface area contributed by atoms with Crippen LogP contribution in [-0.2, 0) is 0 Å². The third-order valence-electron chi connectivity index (χ3n) is 4.07. The van der Waals surface area contributed by atoms with Crippen molar-refractivity contribution >= 4 is 5.91 Å². The third-order valence-corrected chi connectivity index (χ3v) is 4.07. The first-order valence-corrected chi connectivity index (χ1v) is 8.46. The van der Waals surface area contributed by atoms with Crippen molar-refractivity contribution in [3.63, 3.8) is 0 Å². The topological polar surface area (TPSA) is 51.2 Å². The zero-order valence-corrected chi connectivity index (χ0v) is 13.7. The van der Waals surface area contributed by atoms with E-state index in [9.17, 15) is 4.79 Å². The Bertz CT molecular complexity index is 711. The standard InChI is InChI=1S/C20H22N2O2/c23-20(22-14-12-16-7-2-1-3-8-16)17-9-6-10-18(15-17)24-19-11-4-5-13-21-19/h4-7,9-11,13,15H,1-3,8,12,14H2,(H,22,23). The van der Waals surface area contributed by atoms with Gasteiger partial charge in [0.1, 0.15) is 5.75 Å². The lowest BCUT2D eigenvalue weighted by molar-refractivity contribution is 0.0953.